The largest absolute Gasteiger partial charge is 0.299 e. The molecule has 8 radical (unpaired) electrons. The van der Waals surface area contributed by atoms with Crippen molar-refractivity contribution in [2.45, 2.75) is 19.3 Å². The van der Waals surface area contributed by atoms with E-state index in [0.717, 1.165) is 0 Å². The van der Waals surface area contributed by atoms with E-state index < -0.39 is 0 Å². The van der Waals surface area contributed by atoms with Gasteiger partial charge < -0.3 is 0 Å². The number of hydrogen-bond acceptors (Lipinski definition) is 1. The molecule has 0 aliphatic heterocycles. The average Bonchev–Trinajstić information content (AvgIpc) is 3.19. The monoisotopic (exact) mass is 406 g/mol. The van der Waals surface area contributed by atoms with Gasteiger partial charge in [-0.3, -0.25) is 4.79 Å². The molecule has 1 saturated carbocycles. The first-order valence-corrected chi connectivity index (χ1v) is 6.85. The van der Waals surface area contributed by atoms with Gasteiger partial charge in [0, 0.05) is 33.9 Å². The molecule has 4 heteroatoms. The Hall–Kier alpha value is -0.942. The van der Waals surface area contributed by atoms with Crippen LogP contribution in [0.2, 0.25) is 0 Å². The number of carbonyl (C=O) groups is 1. The molecule has 0 N–H and O–H groups in total. The van der Waals surface area contributed by atoms with Crippen molar-refractivity contribution in [1.82, 2.24) is 0 Å². The van der Waals surface area contributed by atoms with Gasteiger partial charge in [0.15, 0.2) is 0 Å². The van der Waals surface area contributed by atoms with Crippen LogP contribution in [-0.2, 0) is 35.2 Å². The van der Waals surface area contributed by atoms with Gasteiger partial charge in [0.25, 0.3) is 0 Å². The van der Waals surface area contributed by atoms with E-state index in [-0.39, 0.29) is 32.8 Å². The van der Waals surface area contributed by atoms with Gasteiger partial charge in [-0.2, -0.15) is 0 Å². The Labute approximate surface area is 161 Å². The SMILES string of the molecule is [C-]#[O+].[C-]#[O+].[CH2][CH][CH]C(=O)CC(C)c1ccccc1.[CH]1[CH][CH][CH][CH]1.[Mo]. The maximum atomic E-state index is 11.3. The van der Waals surface area contributed by atoms with Crippen molar-refractivity contribution in [2.75, 3.05) is 0 Å². The smallest absolute Gasteiger partial charge is 0.137 e. The van der Waals surface area contributed by atoms with Gasteiger partial charge in [-0.25, -0.2) is 0 Å². The fourth-order valence-corrected chi connectivity index (χ4v) is 1.72. The van der Waals surface area contributed by atoms with Crippen LogP contribution in [0.15, 0.2) is 30.3 Å². The minimum absolute atomic E-state index is 0. The van der Waals surface area contributed by atoms with Crippen LogP contribution in [0, 0.1) is 65.2 Å². The van der Waals surface area contributed by atoms with Crippen LogP contribution in [0.1, 0.15) is 24.8 Å². The zero-order valence-electron chi connectivity index (χ0n) is 13.6. The molecular weight excluding hydrogens is 384 g/mol. The standard InChI is InChI=1S/C13H15O.C5H5.2CO.Mo/c1-3-7-13(14)10-11(2)12-8-5-4-6-9-12;1-2-4-5-3-1;2*1-2;/h3-9,11H,1,10H2,2H3;1-5H;;;. The van der Waals surface area contributed by atoms with Crippen molar-refractivity contribution >= 4 is 5.78 Å². The van der Waals surface area contributed by atoms with Gasteiger partial charge in [0.1, 0.15) is 5.78 Å². The van der Waals surface area contributed by atoms with Crippen LogP contribution in [0.3, 0.4) is 0 Å². The molecule has 0 amide bonds. The van der Waals surface area contributed by atoms with E-state index >= 15 is 0 Å². The molecule has 3 nitrogen and oxygen atoms in total. The van der Waals surface area contributed by atoms with Crippen LogP contribution >= 0.6 is 0 Å². The Bertz CT molecular complexity index is 409. The Morgan fingerprint density at radius 1 is 1.04 bits per heavy atom. The minimum Gasteiger partial charge on any atom is -0.299 e. The van der Waals surface area contributed by atoms with E-state index in [1.807, 2.05) is 62.4 Å². The summed E-state index contributed by atoms with van der Waals surface area (Å²) in [5.74, 6) is 0.413. The van der Waals surface area contributed by atoms with Gasteiger partial charge in [-0.05, 0) is 56.9 Å². The van der Waals surface area contributed by atoms with Gasteiger partial charge in [-0.1, -0.05) is 37.3 Å². The summed E-state index contributed by atoms with van der Waals surface area (Å²) in [7, 11) is 0. The Morgan fingerprint density at radius 2 is 1.46 bits per heavy atom. The number of carbonyl (C=O) groups excluding carboxylic acids is 1. The second-order valence-corrected chi connectivity index (χ2v) is 4.35. The first kappa shape index (κ1) is 27.9. The summed E-state index contributed by atoms with van der Waals surface area (Å²) in [6.07, 6.45) is 13.6. The Kier molecular flexibility index (Phi) is 25.6. The van der Waals surface area contributed by atoms with E-state index in [1.165, 1.54) is 12.0 Å². The predicted octanol–water partition coefficient (Wildman–Crippen LogP) is 3.94. The summed E-state index contributed by atoms with van der Waals surface area (Å²) < 4.78 is 15.0. The van der Waals surface area contributed by atoms with E-state index in [0.29, 0.717) is 6.42 Å². The fourth-order valence-electron chi connectivity index (χ4n) is 1.72. The number of benzene rings is 1. The second-order valence-electron chi connectivity index (χ2n) is 4.35. The van der Waals surface area contributed by atoms with Gasteiger partial charge in [-0.15, -0.1) is 0 Å². The summed E-state index contributed by atoms with van der Waals surface area (Å²) in [4.78, 5) is 11.3. The van der Waals surface area contributed by atoms with Gasteiger partial charge in [0.2, 0.25) is 0 Å². The maximum absolute atomic E-state index is 11.3. The van der Waals surface area contributed by atoms with Crippen molar-refractivity contribution in [2.24, 2.45) is 0 Å². The van der Waals surface area contributed by atoms with E-state index in [9.17, 15) is 4.79 Å². The second kappa shape index (κ2) is 22.1. The summed E-state index contributed by atoms with van der Waals surface area (Å²) in [5.41, 5.74) is 1.21. The van der Waals surface area contributed by atoms with E-state index in [4.69, 9.17) is 9.30 Å². The minimum atomic E-state index is 0. The molecule has 0 heterocycles. The molecule has 1 aliphatic rings. The molecule has 1 aromatic carbocycles. The van der Waals surface area contributed by atoms with Crippen molar-refractivity contribution in [1.29, 1.82) is 0 Å². The molecule has 24 heavy (non-hydrogen) atoms. The van der Waals surface area contributed by atoms with Crippen LogP contribution in [-0.4, -0.2) is 5.78 Å². The topological polar surface area (TPSA) is 56.9 Å². The third kappa shape index (κ3) is 15.9. The van der Waals surface area contributed by atoms with E-state index in [1.54, 1.807) is 6.42 Å². The third-order valence-electron chi connectivity index (χ3n) is 2.74. The summed E-state index contributed by atoms with van der Waals surface area (Å²) in [5, 5.41) is 0. The molecule has 0 saturated heterocycles. The summed E-state index contributed by atoms with van der Waals surface area (Å²) in [6.45, 7) is 14.6. The molecule has 1 unspecified atom stereocenters. The molecule has 1 atom stereocenters. The molecule has 1 aromatic rings. The zero-order valence-corrected chi connectivity index (χ0v) is 15.6. The molecule has 0 bridgehead atoms. The van der Waals surface area contributed by atoms with Crippen LogP contribution in [0.4, 0.5) is 0 Å². The Balaban J connectivity index is -0.000000368. The van der Waals surface area contributed by atoms with Crippen LogP contribution in [0.5, 0.6) is 0 Å². The number of rotatable bonds is 5. The van der Waals surface area contributed by atoms with Gasteiger partial charge >= 0.3 is 22.6 Å². The summed E-state index contributed by atoms with van der Waals surface area (Å²) in [6, 6.07) is 10.1. The molecule has 124 valence electrons. The first-order valence-electron chi connectivity index (χ1n) is 6.85. The van der Waals surface area contributed by atoms with Crippen molar-refractivity contribution in [3.05, 3.63) is 101 Å². The molecule has 1 aliphatic carbocycles. The van der Waals surface area contributed by atoms with E-state index in [2.05, 4.69) is 27.1 Å². The quantitative estimate of drug-likeness (QED) is 0.417. The number of Topliss-reactive ketones (excluding diaryl/α,β-unsaturated/α-hetero) is 1. The van der Waals surface area contributed by atoms with Crippen LogP contribution in [0.25, 0.3) is 0 Å². The summed E-state index contributed by atoms with van der Waals surface area (Å²) >= 11 is 0. The molecule has 0 aromatic heterocycles. The molecular formula is C20H20MoO3. The molecule has 1 fully saturated rings. The van der Waals surface area contributed by atoms with Crippen molar-refractivity contribution in [3.8, 4) is 0 Å². The fraction of sp³-hybridized carbons (Fsp3) is 0.150. The average molecular weight is 404 g/mol. The normalized spacial score (nSPS) is 12.4. The zero-order chi connectivity index (χ0) is 17.9. The van der Waals surface area contributed by atoms with Crippen molar-refractivity contribution < 1.29 is 35.2 Å². The Morgan fingerprint density at radius 3 is 1.83 bits per heavy atom. The number of ketones is 1. The molecule has 0 spiro atoms. The third-order valence-corrected chi connectivity index (χ3v) is 2.74. The van der Waals surface area contributed by atoms with Crippen LogP contribution < -0.4 is 0 Å². The maximum Gasteiger partial charge on any atom is 0.137 e. The van der Waals surface area contributed by atoms with Gasteiger partial charge in [0.05, 0.1) is 0 Å². The molecule has 2 rings (SSSR count). The predicted molar refractivity (Wildman–Crippen MR) is 87.8 cm³/mol. The number of hydrogen-bond donors (Lipinski definition) is 0. The van der Waals surface area contributed by atoms with Crippen molar-refractivity contribution in [3.63, 3.8) is 0 Å². The first-order chi connectivity index (χ1) is 11.2.